The average molecular weight is 308 g/mol. The fourth-order valence-corrected chi connectivity index (χ4v) is 2.64. The molecule has 1 aliphatic rings. The van der Waals surface area contributed by atoms with Crippen molar-refractivity contribution in [3.05, 3.63) is 36.4 Å². The molecule has 3 aromatic heterocycles. The maximum atomic E-state index is 5.44. The van der Waals surface area contributed by atoms with E-state index in [-0.39, 0.29) is 0 Å². The summed E-state index contributed by atoms with van der Waals surface area (Å²) in [4.78, 5) is 24.6. The van der Waals surface area contributed by atoms with Gasteiger partial charge in [-0.15, -0.1) is 0 Å². The zero-order valence-corrected chi connectivity index (χ0v) is 12.8. The van der Waals surface area contributed by atoms with Crippen LogP contribution in [-0.4, -0.2) is 51.2 Å². The number of pyridine rings is 1. The highest BCUT2D eigenvalue weighted by Gasteiger charge is 2.19. The molecule has 116 valence electrons. The Hall–Kier alpha value is -2.67. The topological polar surface area (TPSA) is 76.9 Å². The minimum atomic E-state index is 0.595. The predicted octanol–water partition coefficient (Wildman–Crippen LogP) is 1.63. The first-order valence-electron chi connectivity index (χ1n) is 7.57. The molecule has 0 spiro atoms. The molecule has 7 nitrogen and oxygen atoms in total. The van der Waals surface area contributed by atoms with E-state index >= 15 is 0 Å². The average Bonchev–Trinajstić information content (AvgIpc) is 2.61. The molecule has 0 unspecified atom stereocenters. The van der Waals surface area contributed by atoms with Crippen LogP contribution in [0.4, 0.5) is 5.82 Å². The largest absolute Gasteiger partial charge is 0.378 e. The quantitative estimate of drug-likeness (QED) is 0.712. The van der Waals surface area contributed by atoms with E-state index in [0.29, 0.717) is 24.9 Å². The Morgan fingerprint density at radius 1 is 1.00 bits per heavy atom. The van der Waals surface area contributed by atoms with Gasteiger partial charge in [0.25, 0.3) is 0 Å². The molecule has 0 bridgehead atoms. The molecule has 1 fully saturated rings. The minimum absolute atomic E-state index is 0.595. The van der Waals surface area contributed by atoms with Crippen LogP contribution in [0.2, 0.25) is 0 Å². The third kappa shape index (κ3) is 2.70. The van der Waals surface area contributed by atoms with Crippen molar-refractivity contribution in [3.63, 3.8) is 0 Å². The molecule has 0 radical (unpaired) electrons. The Morgan fingerprint density at radius 3 is 2.70 bits per heavy atom. The number of rotatable bonds is 2. The summed E-state index contributed by atoms with van der Waals surface area (Å²) in [6, 6.07) is 5.66. The lowest BCUT2D eigenvalue weighted by molar-refractivity contribution is 0.122. The normalized spacial score (nSPS) is 15.1. The van der Waals surface area contributed by atoms with Crippen LogP contribution in [0.25, 0.3) is 22.6 Å². The molecule has 7 heteroatoms. The summed E-state index contributed by atoms with van der Waals surface area (Å²) in [5.41, 5.74) is 2.34. The van der Waals surface area contributed by atoms with Gasteiger partial charge in [-0.2, -0.15) is 0 Å². The Balaban J connectivity index is 1.89. The molecule has 4 rings (SSSR count). The fraction of sp³-hybridized carbons (Fsp3) is 0.312. The molecule has 0 aromatic carbocycles. The second-order valence-electron chi connectivity index (χ2n) is 5.33. The van der Waals surface area contributed by atoms with Gasteiger partial charge in [-0.05, 0) is 25.1 Å². The van der Waals surface area contributed by atoms with E-state index in [1.54, 1.807) is 12.4 Å². The number of aromatic nitrogens is 5. The van der Waals surface area contributed by atoms with Gasteiger partial charge in [0.05, 0.1) is 18.7 Å². The summed E-state index contributed by atoms with van der Waals surface area (Å²) in [7, 11) is 0. The highest BCUT2D eigenvalue weighted by molar-refractivity contribution is 5.87. The molecule has 3 aromatic rings. The smallest absolute Gasteiger partial charge is 0.181 e. The van der Waals surface area contributed by atoms with Crippen molar-refractivity contribution in [1.29, 1.82) is 0 Å². The fourth-order valence-electron chi connectivity index (χ4n) is 2.64. The highest BCUT2D eigenvalue weighted by atomic mass is 16.5. The second kappa shape index (κ2) is 5.85. The summed E-state index contributed by atoms with van der Waals surface area (Å²) in [5, 5.41) is 0. The van der Waals surface area contributed by atoms with Crippen molar-refractivity contribution < 1.29 is 4.74 Å². The molecule has 0 aliphatic carbocycles. The zero-order valence-electron chi connectivity index (χ0n) is 12.8. The van der Waals surface area contributed by atoms with Gasteiger partial charge in [0.1, 0.15) is 17.0 Å². The van der Waals surface area contributed by atoms with Crippen molar-refractivity contribution >= 4 is 16.9 Å². The number of morpholine rings is 1. The SMILES string of the molecule is Cc1nccc(-c2nc(N3CCOCC3)c3ncccc3n2)n1. The van der Waals surface area contributed by atoms with Crippen LogP contribution in [0.1, 0.15) is 5.82 Å². The monoisotopic (exact) mass is 308 g/mol. The van der Waals surface area contributed by atoms with Crippen LogP contribution in [-0.2, 0) is 4.74 Å². The van der Waals surface area contributed by atoms with Gasteiger partial charge in [0.15, 0.2) is 11.6 Å². The van der Waals surface area contributed by atoms with Crippen molar-refractivity contribution in [2.45, 2.75) is 6.92 Å². The first-order chi connectivity index (χ1) is 11.3. The number of ether oxygens (including phenoxy) is 1. The van der Waals surface area contributed by atoms with Crippen molar-refractivity contribution in [3.8, 4) is 11.5 Å². The van der Waals surface area contributed by atoms with E-state index in [9.17, 15) is 0 Å². The summed E-state index contributed by atoms with van der Waals surface area (Å²) in [6.45, 7) is 4.84. The van der Waals surface area contributed by atoms with E-state index in [4.69, 9.17) is 9.72 Å². The van der Waals surface area contributed by atoms with Crippen LogP contribution < -0.4 is 4.90 Å². The molecule has 1 aliphatic heterocycles. The first kappa shape index (κ1) is 14.0. The number of fused-ring (bicyclic) bond motifs is 1. The molecular formula is C16H16N6O. The number of hydrogen-bond donors (Lipinski definition) is 0. The molecular weight excluding hydrogens is 292 g/mol. The van der Waals surface area contributed by atoms with Crippen molar-refractivity contribution in [2.24, 2.45) is 0 Å². The molecule has 0 amide bonds. The van der Waals surface area contributed by atoms with Crippen LogP contribution in [0, 0.1) is 6.92 Å². The van der Waals surface area contributed by atoms with Crippen LogP contribution in [0.3, 0.4) is 0 Å². The van der Waals surface area contributed by atoms with Crippen LogP contribution >= 0.6 is 0 Å². The van der Waals surface area contributed by atoms with Crippen LogP contribution in [0.15, 0.2) is 30.6 Å². The highest BCUT2D eigenvalue weighted by Crippen LogP contribution is 2.25. The summed E-state index contributed by atoms with van der Waals surface area (Å²) >= 11 is 0. The molecule has 4 heterocycles. The Bertz CT molecular complexity index is 847. The van der Waals surface area contributed by atoms with E-state index in [1.165, 1.54) is 0 Å². The molecule has 23 heavy (non-hydrogen) atoms. The van der Waals surface area contributed by atoms with Gasteiger partial charge in [0.2, 0.25) is 0 Å². The van der Waals surface area contributed by atoms with Gasteiger partial charge in [-0.25, -0.2) is 19.9 Å². The second-order valence-corrected chi connectivity index (χ2v) is 5.33. The first-order valence-corrected chi connectivity index (χ1v) is 7.57. The van der Waals surface area contributed by atoms with E-state index < -0.39 is 0 Å². The Labute approximate surface area is 133 Å². The Kier molecular flexibility index (Phi) is 3.55. The number of aryl methyl sites for hydroxylation is 1. The maximum absolute atomic E-state index is 5.44. The lowest BCUT2D eigenvalue weighted by Gasteiger charge is -2.28. The Morgan fingerprint density at radius 2 is 1.87 bits per heavy atom. The van der Waals surface area contributed by atoms with Gasteiger partial charge in [-0.3, -0.25) is 4.98 Å². The summed E-state index contributed by atoms with van der Waals surface area (Å²) < 4.78 is 5.44. The summed E-state index contributed by atoms with van der Waals surface area (Å²) in [5.74, 6) is 2.13. The van der Waals surface area contributed by atoms with Gasteiger partial charge >= 0.3 is 0 Å². The maximum Gasteiger partial charge on any atom is 0.181 e. The minimum Gasteiger partial charge on any atom is -0.378 e. The molecule has 0 N–H and O–H groups in total. The standard InChI is InChI=1S/C16H16N6O/c1-11-17-6-4-13(19-11)15-20-12-3-2-5-18-14(12)16(21-15)22-7-9-23-10-8-22/h2-6H,7-10H2,1H3. The van der Waals surface area contributed by atoms with E-state index in [1.807, 2.05) is 25.1 Å². The van der Waals surface area contributed by atoms with Gasteiger partial charge < -0.3 is 9.64 Å². The number of nitrogens with zero attached hydrogens (tertiary/aromatic N) is 6. The van der Waals surface area contributed by atoms with Gasteiger partial charge in [0, 0.05) is 25.5 Å². The predicted molar refractivity (Wildman–Crippen MR) is 86.1 cm³/mol. The third-order valence-corrected chi connectivity index (χ3v) is 3.75. The third-order valence-electron chi connectivity index (χ3n) is 3.75. The number of anilines is 1. The van der Waals surface area contributed by atoms with Crippen molar-refractivity contribution in [2.75, 3.05) is 31.2 Å². The lowest BCUT2D eigenvalue weighted by Crippen LogP contribution is -2.37. The molecule has 0 atom stereocenters. The number of hydrogen-bond acceptors (Lipinski definition) is 7. The zero-order chi connectivity index (χ0) is 15.6. The van der Waals surface area contributed by atoms with E-state index in [0.717, 1.165) is 35.6 Å². The molecule has 1 saturated heterocycles. The van der Waals surface area contributed by atoms with Gasteiger partial charge in [-0.1, -0.05) is 0 Å². The van der Waals surface area contributed by atoms with E-state index in [2.05, 4.69) is 24.8 Å². The lowest BCUT2D eigenvalue weighted by atomic mass is 10.3. The van der Waals surface area contributed by atoms with Crippen molar-refractivity contribution in [1.82, 2.24) is 24.9 Å². The molecule has 0 saturated carbocycles. The van der Waals surface area contributed by atoms with Crippen LogP contribution in [0.5, 0.6) is 0 Å². The summed E-state index contributed by atoms with van der Waals surface area (Å²) in [6.07, 6.45) is 3.49.